The SMILES string of the molecule is CNCCC(OC)c1ccc(C)nc1. The molecule has 0 aliphatic rings. The number of methoxy groups -OCH3 is 1. The Labute approximate surface area is 85.5 Å². The average Bonchev–Trinajstić information content (AvgIpc) is 2.21. The summed E-state index contributed by atoms with van der Waals surface area (Å²) in [5.74, 6) is 0. The highest BCUT2D eigenvalue weighted by molar-refractivity contribution is 5.15. The first-order valence-corrected chi connectivity index (χ1v) is 4.88. The molecule has 1 unspecified atom stereocenters. The van der Waals surface area contributed by atoms with Gasteiger partial charge in [0.2, 0.25) is 0 Å². The number of aromatic nitrogens is 1. The van der Waals surface area contributed by atoms with Crippen LogP contribution in [-0.2, 0) is 4.74 Å². The molecule has 0 saturated heterocycles. The average molecular weight is 194 g/mol. The van der Waals surface area contributed by atoms with Gasteiger partial charge in [-0.05, 0) is 38.6 Å². The largest absolute Gasteiger partial charge is 0.377 e. The van der Waals surface area contributed by atoms with Gasteiger partial charge in [0.15, 0.2) is 0 Å². The minimum atomic E-state index is 0.149. The van der Waals surface area contributed by atoms with Crippen LogP contribution in [0.1, 0.15) is 23.8 Å². The second kappa shape index (κ2) is 5.73. The molecule has 0 bridgehead atoms. The summed E-state index contributed by atoms with van der Waals surface area (Å²) in [6, 6.07) is 4.09. The van der Waals surface area contributed by atoms with Gasteiger partial charge in [0, 0.05) is 19.0 Å². The molecule has 0 aliphatic heterocycles. The van der Waals surface area contributed by atoms with Crippen LogP contribution in [0.15, 0.2) is 18.3 Å². The Morgan fingerprint density at radius 3 is 2.79 bits per heavy atom. The van der Waals surface area contributed by atoms with Gasteiger partial charge in [-0.3, -0.25) is 4.98 Å². The summed E-state index contributed by atoms with van der Waals surface area (Å²) in [7, 11) is 3.68. The Morgan fingerprint density at radius 1 is 1.50 bits per heavy atom. The molecule has 3 nitrogen and oxygen atoms in total. The van der Waals surface area contributed by atoms with E-state index in [1.54, 1.807) is 7.11 Å². The Kier molecular flexibility index (Phi) is 4.56. The molecule has 1 heterocycles. The maximum absolute atomic E-state index is 5.40. The van der Waals surface area contributed by atoms with E-state index < -0.39 is 0 Å². The van der Waals surface area contributed by atoms with Gasteiger partial charge in [-0.2, -0.15) is 0 Å². The van der Waals surface area contributed by atoms with Crippen molar-refractivity contribution in [2.75, 3.05) is 20.7 Å². The molecule has 1 atom stereocenters. The lowest BCUT2D eigenvalue weighted by molar-refractivity contribution is 0.0958. The Hall–Kier alpha value is -0.930. The number of pyridine rings is 1. The molecule has 0 aromatic carbocycles. The van der Waals surface area contributed by atoms with Gasteiger partial charge in [-0.1, -0.05) is 6.07 Å². The summed E-state index contributed by atoms with van der Waals surface area (Å²) in [5.41, 5.74) is 2.19. The van der Waals surface area contributed by atoms with E-state index in [2.05, 4.69) is 16.4 Å². The predicted molar refractivity (Wildman–Crippen MR) is 57.3 cm³/mol. The monoisotopic (exact) mass is 194 g/mol. The zero-order chi connectivity index (χ0) is 10.4. The van der Waals surface area contributed by atoms with Crippen LogP contribution in [0.3, 0.4) is 0 Å². The van der Waals surface area contributed by atoms with Gasteiger partial charge >= 0.3 is 0 Å². The van der Waals surface area contributed by atoms with E-state index in [4.69, 9.17) is 4.74 Å². The molecule has 0 radical (unpaired) electrons. The maximum atomic E-state index is 5.40. The van der Waals surface area contributed by atoms with Gasteiger partial charge in [0.05, 0.1) is 6.10 Å². The van der Waals surface area contributed by atoms with E-state index in [1.165, 1.54) is 0 Å². The molecule has 0 spiro atoms. The van der Waals surface area contributed by atoms with Gasteiger partial charge in [0.25, 0.3) is 0 Å². The smallest absolute Gasteiger partial charge is 0.0848 e. The lowest BCUT2D eigenvalue weighted by Crippen LogP contribution is -2.13. The van der Waals surface area contributed by atoms with Crippen LogP contribution in [0.4, 0.5) is 0 Å². The summed E-state index contributed by atoms with van der Waals surface area (Å²) >= 11 is 0. The van der Waals surface area contributed by atoms with Crippen molar-refractivity contribution in [3.05, 3.63) is 29.6 Å². The van der Waals surface area contributed by atoms with Gasteiger partial charge in [-0.15, -0.1) is 0 Å². The lowest BCUT2D eigenvalue weighted by Gasteiger charge is -2.14. The lowest BCUT2D eigenvalue weighted by atomic mass is 10.1. The number of hydrogen-bond acceptors (Lipinski definition) is 3. The molecule has 0 aliphatic carbocycles. The van der Waals surface area contributed by atoms with Crippen LogP contribution in [0.2, 0.25) is 0 Å². The molecule has 0 amide bonds. The fraction of sp³-hybridized carbons (Fsp3) is 0.545. The van der Waals surface area contributed by atoms with E-state index in [1.807, 2.05) is 26.2 Å². The van der Waals surface area contributed by atoms with E-state index in [-0.39, 0.29) is 6.10 Å². The third-order valence-electron chi connectivity index (χ3n) is 2.25. The third-order valence-corrected chi connectivity index (χ3v) is 2.25. The highest BCUT2D eigenvalue weighted by atomic mass is 16.5. The van der Waals surface area contributed by atoms with Crippen molar-refractivity contribution < 1.29 is 4.74 Å². The summed E-state index contributed by atoms with van der Waals surface area (Å²) < 4.78 is 5.40. The zero-order valence-corrected chi connectivity index (χ0v) is 9.08. The van der Waals surface area contributed by atoms with E-state index in [0.717, 1.165) is 24.2 Å². The van der Waals surface area contributed by atoms with E-state index in [9.17, 15) is 0 Å². The van der Waals surface area contributed by atoms with Gasteiger partial charge in [-0.25, -0.2) is 0 Å². The van der Waals surface area contributed by atoms with Crippen molar-refractivity contribution in [1.82, 2.24) is 10.3 Å². The molecular formula is C11H18N2O. The number of ether oxygens (including phenoxy) is 1. The molecule has 1 aromatic heterocycles. The number of rotatable bonds is 5. The van der Waals surface area contributed by atoms with Crippen LogP contribution in [0.5, 0.6) is 0 Å². The second-order valence-corrected chi connectivity index (χ2v) is 3.35. The van der Waals surface area contributed by atoms with Crippen LogP contribution in [-0.4, -0.2) is 25.7 Å². The molecule has 14 heavy (non-hydrogen) atoms. The third kappa shape index (κ3) is 3.09. The topological polar surface area (TPSA) is 34.1 Å². The van der Waals surface area contributed by atoms with Gasteiger partial charge < -0.3 is 10.1 Å². The van der Waals surface area contributed by atoms with Crippen molar-refractivity contribution in [2.45, 2.75) is 19.4 Å². The second-order valence-electron chi connectivity index (χ2n) is 3.35. The quantitative estimate of drug-likeness (QED) is 0.774. The molecule has 3 heteroatoms. The van der Waals surface area contributed by atoms with Crippen molar-refractivity contribution in [3.63, 3.8) is 0 Å². The van der Waals surface area contributed by atoms with E-state index >= 15 is 0 Å². The minimum Gasteiger partial charge on any atom is -0.377 e. The summed E-state index contributed by atoms with van der Waals surface area (Å²) in [4.78, 5) is 4.26. The standard InChI is InChI=1S/C11H18N2O/c1-9-4-5-10(8-13-9)11(14-3)6-7-12-2/h4-5,8,11-12H,6-7H2,1-3H3. The van der Waals surface area contributed by atoms with Crippen molar-refractivity contribution in [1.29, 1.82) is 0 Å². The van der Waals surface area contributed by atoms with Crippen LogP contribution in [0, 0.1) is 6.92 Å². The number of nitrogens with one attached hydrogen (secondary N) is 1. The summed E-state index contributed by atoms with van der Waals surface area (Å²) in [6.45, 7) is 2.94. The van der Waals surface area contributed by atoms with Gasteiger partial charge in [0.1, 0.15) is 0 Å². The van der Waals surface area contributed by atoms with Crippen molar-refractivity contribution in [3.8, 4) is 0 Å². The maximum Gasteiger partial charge on any atom is 0.0848 e. The molecule has 1 N–H and O–H groups in total. The van der Waals surface area contributed by atoms with Crippen LogP contribution in [0.25, 0.3) is 0 Å². The first-order valence-electron chi connectivity index (χ1n) is 4.88. The Bertz CT molecular complexity index is 258. The number of hydrogen-bond donors (Lipinski definition) is 1. The fourth-order valence-corrected chi connectivity index (χ4v) is 1.37. The highest BCUT2D eigenvalue weighted by Gasteiger charge is 2.09. The Morgan fingerprint density at radius 2 is 2.29 bits per heavy atom. The summed E-state index contributed by atoms with van der Waals surface area (Å²) in [6.07, 6.45) is 3.01. The fourth-order valence-electron chi connectivity index (χ4n) is 1.37. The van der Waals surface area contributed by atoms with Crippen LogP contribution < -0.4 is 5.32 Å². The molecule has 1 rings (SSSR count). The van der Waals surface area contributed by atoms with E-state index in [0.29, 0.717) is 0 Å². The first kappa shape index (κ1) is 11.1. The highest BCUT2D eigenvalue weighted by Crippen LogP contribution is 2.18. The summed E-state index contributed by atoms with van der Waals surface area (Å²) in [5, 5.41) is 3.11. The Balaban J connectivity index is 2.64. The molecule has 0 saturated carbocycles. The van der Waals surface area contributed by atoms with Crippen molar-refractivity contribution in [2.24, 2.45) is 0 Å². The first-order chi connectivity index (χ1) is 6.77. The molecular weight excluding hydrogens is 176 g/mol. The minimum absolute atomic E-state index is 0.149. The molecule has 78 valence electrons. The number of aryl methyl sites for hydroxylation is 1. The predicted octanol–water partition coefficient (Wildman–Crippen LogP) is 1.69. The normalized spacial score (nSPS) is 12.8. The van der Waals surface area contributed by atoms with Crippen molar-refractivity contribution >= 4 is 0 Å². The molecule has 0 fully saturated rings. The van der Waals surface area contributed by atoms with Crippen LogP contribution >= 0.6 is 0 Å². The number of nitrogens with zero attached hydrogens (tertiary/aromatic N) is 1. The zero-order valence-electron chi connectivity index (χ0n) is 9.08. The molecule has 1 aromatic rings.